The molecule has 512 valence electrons. The van der Waals surface area contributed by atoms with Crippen molar-refractivity contribution in [2.24, 2.45) is 0 Å². The molecule has 0 saturated carbocycles. The van der Waals surface area contributed by atoms with E-state index in [4.69, 9.17) is 0 Å². The average molecular weight is 1210 g/mol. The first-order valence-electron chi connectivity index (χ1n) is 40.3. The average Bonchev–Trinajstić information content (AvgIpc) is 3.73. The Hall–Kier alpha value is -0.875. The van der Waals surface area contributed by atoms with E-state index in [1.54, 1.807) is 41.0 Å². The number of rotatable bonds is 69. The zero-order valence-corrected chi connectivity index (χ0v) is 60.8. The van der Waals surface area contributed by atoms with Crippen molar-refractivity contribution < 1.29 is 19.8 Å². The number of hydrogen-bond donors (Lipinski definition) is 2. The van der Waals surface area contributed by atoms with Crippen molar-refractivity contribution >= 4 is 12.6 Å². The quantitative estimate of drug-likeness (QED) is 0.0504. The van der Waals surface area contributed by atoms with Crippen molar-refractivity contribution in [3.8, 4) is 0 Å². The van der Waals surface area contributed by atoms with Gasteiger partial charge in [-0.05, 0) is 58.3 Å². The first kappa shape index (κ1) is 87.2. The molecule has 0 fully saturated rings. The molecule has 0 atom stereocenters. The summed E-state index contributed by atoms with van der Waals surface area (Å²) in [5, 5.41) is 20.8. The summed E-state index contributed by atoms with van der Waals surface area (Å²) in [5.41, 5.74) is 1.13. The molecule has 5 heteroatoms. The van der Waals surface area contributed by atoms with Crippen molar-refractivity contribution in [1.29, 1.82) is 0 Å². The van der Waals surface area contributed by atoms with Crippen molar-refractivity contribution in [2.45, 2.75) is 446 Å². The van der Waals surface area contributed by atoms with Gasteiger partial charge in [0, 0.05) is 0 Å². The third-order valence-electron chi connectivity index (χ3n) is 19.3. The second kappa shape index (κ2) is 78.4. The summed E-state index contributed by atoms with van der Waals surface area (Å²) < 4.78 is 0. The Morgan fingerprint density at radius 3 is 0.500 bits per heavy atom. The molecule has 0 heterocycles. The molecule has 0 aromatic heterocycles. The maximum Gasteiger partial charge on any atom is 0.0768 e. The van der Waals surface area contributed by atoms with E-state index in [-0.39, 0.29) is 0 Å². The Labute approximate surface area is 545 Å². The van der Waals surface area contributed by atoms with Crippen molar-refractivity contribution in [2.75, 3.05) is 40.3 Å². The van der Waals surface area contributed by atoms with Gasteiger partial charge in [-0.2, -0.15) is 0 Å². The van der Waals surface area contributed by atoms with Gasteiger partial charge in [0.2, 0.25) is 0 Å². The summed E-state index contributed by atoms with van der Waals surface area (Å²) in [4.78, 5) is 3.56. The van der Waals surface area contributed by atoms with Gasteiger partial charge in [0.15, 0.2) is 0 Å². The molecular weight excluding hydrogens is 1040 g/mol. The lowest BCUT2D eigenvalue weighted by molar-refractivity contribution is -0.880. The molecule has 0 aliphatic rings. The van der Waals surface area contributed by atoms with Gasteiger partial charge in [0.25, 0.3) is 0 Å². The van der Waals surface area contributed by atoms with Gasteiger partial charge in [-0.25, -0.2) is 0 Å². The van der Waals surface area contributed by atoms with E-state index in [1.807, 2.05) is 0 Å². The number of benzene rings is 1. The van der Waals surface area contributed by atoms with Crippen LogP contribution in [-0.4, -0.2) is 47.4 Å². The Kier molecular flexibility index (Phi) is 79.4. The highest BCUT2D eigenvalue weighted by Gasteiger charge is 2.05. The molecule has 0 spiro atoms. The summed E-state index contributed by atoms with van der Waals surface area (Å²) in [5.74, 6) is 0. The van der Waals surface area contributed by atoms with Crippen LogP contribution >= 0.6 is 0 Å². The van der Waals surface area contributed by atoms with E-state index in [1.165, 1.54) is 437 Å². The highest BCUT2D eigenvalue weighted by Crippen LogP contribution is 2.18. The molecule has 4 nitrogen and oxygen atoms in total. The van der Waals surface area contributed by atoms with Crippen LogP contribution in [0.2, 0.25) is 0 Å². The third kappa shape index (κ3) is 75.6. The topological polar surface area (TPSA) is 55.0 Å². The predicted molar refractivity (Wildman–Crippen MR) is 388 cm³/mol. The maximum absolute atomic E-state index is 10.4. The molecule has 1 aromatic rings. The molecule has 0 amide bonds. The van der Waals surface area contributed by atoms with Crippen LogP contribution in [0.25, 0.3) is 0 Å². The van der Waals surface area contributed by atoms with Gasteiger partial charge in [-0.15, -0.1) is 5.46 Å². The minimum Gasteiger partial charge on any atom is -0.889 e. The molecule has 0 aliphatic carbocycles. The largest absolute Gasteiger partial charge is 0.889 e. The molecular formula is C81H163BN2O2. The minimum absolute atomic E-state index is 0.350. The van der Waals surface area contributed by atoms with Crippen LogP contribution in [0.5, 0.6) is 0 Å². The molecule has 86 heavy (non-hydrogen) atoms. The van der Waals surface area contributed by atoms with Crippen molar-refractivity contribution in [3.05, 3.63) is 29.8 Å². The van der Waals surface area contributed by atoms with Crippen LogP contribution in [0.1, 0.15) is 444 Å². The molecule has 2 N–H and O–H groups in total. The Morgan fingerprint density at radius 2 is 0.372 bits per heavy atom. The smallest absolute Gasteiger partial charge is 0.0768 e. The summed E-state index contributed by atoms with van der Waals surface area (Å²) in [6.07, 6.45) is 94.1. The van der Waals surface area contributed by atoms with Gasteiger partial charge in [0.05, 0.1) is 40.3 Å². The van der Waals surface area contributed by atoms with Gasteiger partial charge in [-0.3, -0.25) is 0 Å². The third-order valence-corrected chi connectivity index (χ3v) is 19.3. The van der Waals surface area contributed by atoms with E-state index in [0.29, 0.717) is 5.46 Å². The number of hydrogen-bond acceptors (Lipinski definition) is 2. The Balaban J connectivity index is 0. The van der Waals surface area contributed by atoms with Crippen molar-refractivity contribution in [1.82, 2.24) is 0 Å². The molecule has 0 aliphatic heterocycles. The van der Waals surface area contributed by atoms with E-state index in [2.05, 4.69) is 41.8 Å². The van der Waals surface area contributed by atoms with Crippen LogP contribution in [-0.2, 0) is 0 Å². The SMILES string of the molecule is CCCCCCCCCCCCCCCCCC[NH+](C)CCCCCCCCCCCCCCCCCC.CCCCCCCCCCCCCCCCCC[NH+](C)CCCCCCCCCCCCCCCCCC.Cc1ccccc1B([O-])[O-]. The highest BCUT2D eigenvalue weighted by atomic mass is 16.4. The number of nitrogens with one attached hydrogen (secondary N) is 2. The molecule has 1 rings (SSSR count). The van der Waals surface area contributed by atoms with E-state index in [9.17, 15) is 10.0 Å². The lowest BCUT2D eigenvalue weighted by atomic mass is 9.77. The minimum atomic E-state index is -1.85. The van der Waals surface area contributed by atoms with E-state index in [0.717, 1.165) is 5.56 Å². The predicted octanol–water partition coefficient (Wildman–Crippen LogP) is 22.5. The lowest BCUT2D eigenvalue weighted by Gasteiger charge is -2.28. The summed E-state index contributed by atoms with van der Waals surface area (Å²) in [6, 6.07) is 6.84. The van der Waals surface area contributed by atoms with E-state index >= 15 is 0 Å². The van der Waals surface area contributed by atoms with Gasteiger partial charge in [-0.1, -0.05) is 424 Å². The van der Waals surface area contributed by atoms with Crippen LogP contribution in [0.15, 0.2) is 24.3 Å². The molecule has 0 unspecified atom stereocenters. The first-order valence-corrected chi connectivity index (χ1v) is 40.3. The maximum atomic E-state index is 10.4. The Morgan fingerprint density at radius 1 is 0.233 bits per heavy atom. The number of unbranched alkanes of at least 4 members (excludes halogenated alkanes) is 60. The van der Waals surface area contributed by atoms with Gasteiger partial charge < -0.3 is 19.8 Å². The van der Waals surface area contributed by atoms with Gasteiger partial charge in [0.1, 0.15) is 0 Å². The number of aryl methyl sites for hydroxylation is 1. The van der Waals surface area contributed by atoms with Crippen LogP contribution in [0, 0.1) is 6.92 Å². The molecule has 0 radical (unpaired) electrons. The fraction of sp³-hybridized carbons (Fsp3) is 0.926. The summed E-state index contributed by atoms with van der Waals surface area (Å²) in [6.45, 7) is 16.6. The van der Waals surface area contributed by atoms with Crippen LogP contribution < -0.4 is 25.3 Å². The fourth-order valence-electron chi connectivity index (χ4n) is 13.0. The normalized spacial score (nSPS) is 11.4. The van der Waals surface area contributed by atoms with Crippen LogP contribution in [0.4, 0.5) is 0 Å². The molecule has 1 aromatic carbocycles. The second-order valence-electron chi connectivity index (χ2n) is 28.3. The zero-order valence-electron chi connectivity index (χ0n) is 60.8. The molecule has 0 bridgehead atoms. The monoisotopic (exact) mass is 1210 g/mol. The summed E-state index contributed by atoms with van der Waals surface area (Å²) in [7, 11) is 3.01. The van der Waals surface area contributed by atoms with E-state index < -0.39 is 7.12 Å². The summed E-state index contributed by atoms with van der Waals surface area (Å²) >= 11 is 0. The fourth-order valence-corrected chi connectivity index (χ4v) is 13.0. The highest BCUT2D eigenvalue weighted by molar-refractivity contribution is 6.55. The lowest BCUT2D eigenvalue weighted by Crippen LogP contribution is -3.09. The second-order valence-corrected chi connectivity index (χ2v) is 28.3. The first-order chi connectivity index (χ1) is 42.3. The van der Waals surface area contributed by atoms with Crippen LogP contribution in [0.3, 0.4) is 0 Å². The Bertz CT molecular complexity index is 1180. The zero-order chi connectivity index (χ0) is 62.8. The molecule has 0 saturated heterocycles. The standard InChI is InChI=1S/2C37H77N.C7H7BO2/c2*1-4-6-8-10-12-14-16-18-20-22-24-26-28-30-32-34-36-38(3)37-35-33-31-29-27-25-23-21-19-17-15-13-11-9-7-5-2;1-6-4-2-3-5-7(6)8(9)10/h2*4-37H2,1-3H3;2-5H,1H3/q;;-2/p+2. The van der Waals surface area contributed by atoms with Gasteiger partial charge >= 0.3 is 0 Å². The van der Waals surface area contributed by atoms with Crippen molar-refractivity contribution in [3.63, 3.8) is 0 Å². The number of quaternary nitrogens is 2.